The average molecular weight is 303 g/mol. The van der Waals surface area contributed by atoms with Crippen LogP contribution in [0.2, 0.25) is 10.3 Å². The van der Waals surface area contributed by atoms with E-state index in [1.807, 2.05) is 0 Å². The summed E-state index contributed by atoms with van der Waals surface area (Å²) in [6.45, 7) is 1.58. The van der Waals surface area contributed by atoms with E-state index in [-0.39, 0.29) is 27.2 Å². The van der Waals surface area contributed by atoms with Gasteiger partial charge in [-0.2, -0.15) is 0 Å². The SMILES string of the molecule is CN=C(C)/C(C(=O)OC)=C(\O)c1cc(Cl)nc(Cl)c1. The van der Waals surface area contributed by atoms with E-state index in [0.717, 1.165) is 0 Å². The smallest absolute Gasteiger partial charge is 0.343 e. The lowest BCUT2D eigenvalue weighted by Crippen LogP contribution is -2.14. The first-order valence-corrected chi connectivity index (χ1v) is 5.95. The molecule has 0 unspecified atom stereocenters. The van der Waals surface area contributed by atoms with Crippen molar-refractivity contribution in [1.82, 2.24) is 4.98 Å². The first kappa shape index (κ1) is 15.5. The molecule has 0 aliphatic rings. The van der Waals surface area contributed by atoms with E-state index in [1.54, 1.807) is 6.92 Å². The summed E-state index contributed by atoms with van der Waals surface area (Å²) in [5.41, 5.74) is 0.533. The molecule has 5 nitrogen and oxygen atoms in total. The number of hydrogen-bond acceptors (Lipinski definition) is 5. The molecule has 102 valence electrons. The molecular weight excluding hydrogens is 291 g/mol. The Morgan fingerprint density at radius 1 is 1.37 bits per heavy atom. The summed E-state index contributed by atoms with van der Waals surface area (Å²) in [4.78, 5) is 19.3. The van der Waals surface area contributed by atoms with E-state index in [1.165, 1.54) is 26.3 Å². The summed E-state index contributed by atoms with van der Waals surface area (Å²) in [5, 5.41) is 10.4. The van der Waals surface area contributed by atoms with E-state index in [4.69, 9.17) is 23.2 Å². The Balaban J connectivity index is 3.48. The summed E-state index contributed by atoms with van der Waals surface area (Å²) >= 11 is 11.5. The zero-order chi connectivity index (χ0) is 14.6. The molecule has 7 heteroatoms. The van der Waals surface area contributed by atoms with Gasteiger partial charge in [0, 0.05) is 18.3 Å². The molecule has 1 heterocycles. The van der Waals surface area contributed by atoms with Crippen molar-refractivity contribution >= 4 is 40.6 Å². The third-order valence-electron chi connectivity index (χ3n) is 2.36. The van der Waals surface area contributed by atoms with Crippen LogP contribution in [0.25, 0.3) is 5.76 Å². The van der Waals surface area contributed by atoms with Gasteiger partial charge < -0.3 is 9.84 Å². The zero-order valence-corrected chi connectivity index (χ0v) is 12.1. The van der Waals surface area contributed by atoms with E-state index in [2.05, 4.69) is 14.7 Å². The second-order valence-corrected chi connectivity index (χ2v) is 4.30. The van der Waals surface area contributed by atoms with E-state index in [0.29, 0.717) is 5.71 Å². The van der Waals surface area contributed by atoms with Crippen LogP contribution >= 0.6 is 23.2 Å². The van der Waals surface area contributed by atoms with Crippen molar-refractivity contribution in [3.63, 3.8) is 0 Å². The molecule has 1 aromatic heterocycles. The van der Waals surface area contributed by atoms with Crippen LogP contribution in [0.3, 0.4) is 0 Å². The van der Waals surface area contributed by atoms with E-state index in [9.17, 15) is 9.90 Å². The van der Waals surface area contributed by atoms with Gasteiger partial charge in [-0.3, -0.25) is 4.99 Å². The maximum Gasteiger partial charge on any atom is 0.343 e. The number of methoxy groups -OCH3 is 1. The predicted octanol–water partition coefficient (Wildman–Crippen LogP) is 2.92. The summed E-state index contributed by atoms with van der Waals surface area (Å²) in [5.74, 6) is -1.02. The fourth-order valence-corrected chi connectivity index (χ4v) is 1.84. The minimum Gasteiger partial charge on any atom is -0.506 e. The number of halogens is 2. The molecule has 0 fully saturated rings. The van der Waals surface area contributed by atoms with Crippen LogP contribution in [-0.2, 0) is 9.53 Å². The van der Waals surface area contributed by atoms with Crippen molar-refractivity contribution in [3.8, 4) is 0 Å². The van der Waals surface area contributed by atoms with Gasteiger partial charge in [0.15, 0.2) is 0 Å². The van der Waals surface area contributed by atoms with E-state index < -0.39 is 5.97 Å². The van der Waals surface area contributed by atoms with Crippen LogP contribution in [0.4, 0.5) is 0 Å². The molecule has 0 aliphatic heterocycles. The highest BCUT2D eigenvalue weighted by atomic mass is 35.5. The fourth-order valence-electron chi connectivity index (χ4n) is 1.38. The first-order chi connectivity index (χ1) is 8.90. The standard InChI is InChI=1S/C12H12Cl2N2O3/c1-6(15-2)10(12(18)19-3)11(17)7-4-8(13)16-9(14)5-7/h4-5,17H,1-3H3/b11-10+,15-6?. The molecule has 1 N–H and O–H groups in total. The molecule has 0 atom stereocenters. The number of pyridine rings is 1. The predicted molar refractivity (Wildman–Crippen MR) is 74.9 cm³/mol. The molecule has 0 aromatic carbocycles. The normalized spacial score (nSPS) is 13.0. The maximum absolute atomic E-state index is 11.7. The highest BCUT2D eigenvalue weighted by Gasteiger charge is 2.20. The number of ether oxygens (including phenoxy) is 1. The third-order valence-corrected chi connectivity index (χ3v) is 2.75. The summed E-state index contributed by atoms with van der Waals surface area (Å²) < 4.78 is 4.62. The molecule has 0 spiro atoms. The van der Waals surface area contributed by atoms with Gasteiger partial charge in [-0.15, -0.1) is 0 Å². The monoisotopic (exact) mass is 302 g/mol. The number of aliphatic hydroxyl groups is 1. The molecule has 1 rings (SSSR count). The second kappa shape index (κ2) is 6.54. The Bertz CT molecular complexity index is 548. The second-order valence-electron chi connectivity index (χ2n) is 3.53. The van der Waals surface area contributed by atoms with Crippen LogP contribution in [0, 0.1) is 0 Å². The summed E-state index contributed by atoms with van der Waals surface area (Å²) in [6, 6.07) is 2.77. The summed E-state index contributed by atoms with van der Waals surface area (Å²) in [7, 11) is 2.71. The largest absolute Gasteiger partial charge is 0.506 e. The number of aliphatic hydroxyl groups excluding tert-OH is 1. The first-order valence-electron chi connectivity index (χ1n) is 5.19. The Morgan fingerprint density at radius 3 is 2.32 bits per heavy atom. The topological polar surface area (TPSA) is 71.8 Å². The molecule has 1 aromatic rings. The number of aromatic nitrogens is 1. The van der Waals surface area contributed by atoms with Crippen molar-refractivity contribution in [2.45, 2.75) is 6.92 Å². The van der Waals surface area contributed by atoms with Crippen LogP contribution in [0.5, 0.6) is 0 Å². The molecule has 0 radical (unpaired) electrons. The Labute approximate surface area is 120 Å². The van der Waals surface area contributed by atoms with Gasteiger partial charge in [0.25, 0.3) is 0 Å². The third kappa shape index (κ3) is 3.68. The van der Waals surface area contributed by atoms with Crippen LogP contribution < -0.4 is 0 Å². The van der Waals surface area contributed by atoms with E-state index >= 15 is 0 Å². The molecule has 0 amide bonds. The van der Waals surface area contributed by atoms with Crippen molar-refractivity contribution in [2.24, 2.45) is 4.99 Å². The quantitative estimate of drug-likeness (QED) is 0.306. The lowest BCUT2D eigenvalue weighted by molar-refractivity contribution is -0.135. The van der Waals surface area contributed by atoms with Gasteiger partial charge in [-0.25, -0.2) is 9.78 Å². The maximum atomic E-state index is 11.7. The number of hydrogen-bond donors (Lipinski definition) is 1. The molecule has 0 bridgehead atoms. The van der Waals surface area contributed by atoms with Gasteiger partial charge in [0.2, 0.25) is 0 Å². The van der Waals surface area contributed by atoms with Crippen LogP contribution in [-0.4, -0.2) is 35.9 Å². The molecule has 0 saturated carbocycles. The minimum absolute atomic E-state index is 0.0525. The zero-order valence-electron chi connectivity index (χ0n) is 10.6. The minimum atomic E-state index is -0.704. The van der Waals surface area contributed by atoms with Gasteiger partial charge in [0.05, 0.1) is 7.11 Å². The Hall–Kier alpha value is -1.59. The summed E-state index contributed by atoms with van der Waals surface area (Å²) in [6.07, 6.45) is 0. The van der Waals surface area contributed by atoms with Gasteiger partial charge in [-0.1, -0.05) is 23.2 Å². The van der Waals surface area contributed by atoms with Gasteiger partial charge in [-0.05, 0) is 19.1 Å². The molecule has 0 saturated heterocycles. The van der Waals surface area contributed by atoms with Crippen molar-refractivity contribution in [2.75, 3.05) is 14.2 Å². The number of carbonyl (C=O) groups is 1. The van der Waals surface area contributed by atoms with Crippen molar-refractivity contribution in [1.29, 1.82) is 0 Å². The molecule has 0 aliphatic carbocycles. The number of rotatable bonds is 3. The van der Waals surface area contributed by atoms with Crippen molar-refractivity contribution in [3.05, 3.63) is 33.6 Å². The van der Waals surface area contributed by atoms with Gasteiger partial charge >= 0.3 is 5.97 Å². The number of carbonyl (C=O) groups excluding carboxylic acids is 1. The molecule has 19 heavy (non-hydrogen) atoms. The fraction of sp³-hybridized carbons (Fsp3) is 0.250. The number of esters is 1. The lowest BCUT2D eigenvalue weighted by Gasteiger charge is -2.09. The molecular formula is C12H12Cl2N2O3. The highest BCUT2D eigenvalue weighted by molar-refractivity contribution is 6.33. The van der Waals surface area contributed by atoms with Crippen LogP contribution in [0.1, 0.15) is 12.5 Å². The van der Waals surface area contributed by atoms with Crippen LogP contribution in [0.15, 0.2) is 22.7 Å². The Morgan fingerprint density at radius 2 is 1.89 bits per heavy atom. The average Bonchev–Trinajstić information content (AvgIpc) is 2.37. The highest BCUT2D eigenvalue weighted by Crippen LogP contribution is 2.23. The van der Waals surface area contributed by atoms with Crippen molar-refractivity contribution < 1.29 is 14.6 Å². The lowest BCUT2D eigenvalue weighted by atomic mass is 10.1. The Kier molecular flexibility index (Phi) is 5.32. The van der Waals surface area contributed by atoms with Gasteiger partial charge in [0.1, 0.15) is 21.6 Å². The number of aliphatic imine (C=N–C) groups is 1. The number of nitrogens with zero attached hydrogens (tertiary/aromatic N) is 2.